The molecule has 0 aliphatic carbocycles. The summed E-state index contributed by atoms with van der Waals surface area (Å²) in [4.78, 5) is 9.01. The van der Waals surface area contributed by atoms with Crippen molar-refractivity contribution in [3.8, 4) is 0 Å². The molecule has 6 heteroatoms. The molecule has 104 valence electrons. The highest BCUT2D eigenvalue weighted by Gasteiger charge is 2.15. The molecule has 2 rings (SSSR count). The summed E-state index contributed by atoms with van der Waals surface area (Å²) in [5, 5.41) is 6.46. The zero-order valence-corrected chi connectivity index (χ0v) is 12.5. The maximum atomic E-state index is 4.50. The van der Waals surface area contributed by atoms with Gasteiger partial charge in [0.15, 0.2) is 0 Å². The van der Waals surface area contributed by atoms with Crippen LogP contribution in [-0.2, 0) is 6.42 Å². The van der Waals surface area contributed by atoms with Crippen molar-refractivity contribution in [2.75, 3.05) is 25.5 Å². The van der Waals surface area contributed by atoms with Gasteiger partial charge < -0.3 is 10.6 Å². The summed E-state index contributed by atoms with van der Waals surface area (Å²) in [6.45, 7) is 4.29. The molecular weight excluding hydrogens is 271 g/mol. The van der Waals surface area contributed by atoms with Gasteiger partial charge >= 0.3 is 0 Å². The number of piperidine rings is 1. The molecule has 1 aliphatic rings. The molecule has 2 heterocycles. The summed E-state index contributed by atoms with van der Waals surface area (Å²) in [6.07, 6.45) is 3.50. The molecule has 1 fully saturated rings. The molecule has 1 aliphatic heterocycles. The molecule has 0 atom stereocenters. The van der Waals surface area contributed by atoms with Crippen LogP contribution in [0.15, 0.2) is 6.07 Å². The number of nitrogens with zero attached hydrogens (tertiary/aromatic N) is 2. The Morgan fingerprint density at radius 1 is 1.28 bits per heavy atom. The molecule has 1 aromatic rings. The van der Waals surface area contributed by atoms with Crippen LogP contribution in [0.5, 0.6) is 0 Å². The minimum Gasteiger partial charge on any atom is -0.373 e. The molecule has 0 aromatic carbocycles. The standard InChI is InChI=1S/C12H20N4.2ClH/c1-9-7-11(13-2)16-12(15-9)8-10-3-5-14-6-4-10;;/h7,10,14H,3-6,8H2,1-2H3,(H,13,15,16);2*1H. The normalized spacial score (nSPS) is 15.4. The molecule has 18 heavy (non-hydrogen) atoms. The second-order valence-corrected chi connectivity index (χ2v) is 4.46. The number of hydrogen-bond acceptors (Lipinski definition) is 4. The molecule has 0 unspecified atom stereocenters. The van der Waals surface area contributed by atoms with E-state index in [9.17, 15) is 0 Å². The fourth-order valence-corrected chi connectivity index (χ4v) is 2.19. The Morgan fingerprint density at radius 3 is 2.56 bits per heavy atom. The van der Waals surface area contributed by atoms with Crippen molar-refractivity contribution in [3.63, 3.8) is 0 Å². The first-order valence-electron chi connectivity index (χ1n) is 6.01. The number of nitrogens with one attached hydrogen (secondary N) is 2. The van der Waals surface area contributed by atoms with E-state index < -0.39 is 0 Å². The predicted molar refractivity (Wildman–Crippen MR) is 80.1 cm³/mol. The Hall–Kier alpha value is -0.580. The van der Waals surface area contributed by atoms with Crippen molar-refractivity contribution in [3.05, 3.63) is 17.6 Å². The second-order valence-electron chi connectivity index (χ2n) is 4.46. The van der Waals surface area contributed by atoms with Gasteiger partial charge in [-0.1, -0.05) is 0 Å². The number of halogens is 2. The Kier molecular flexibility index (Phi) is 8.24. The van der Waals surface area contributed by atoms with Gasteiger partial charge in [0.2, 0.25) is 0 Å². The minimum absolute atomic E-state index is 0. The van der Waals surface area contributed by atoms with E-state index in [1.54, 1.807) is 0 Å². The number of aryl methyl sites for hydroxylation is 1. The third-order valence-electron chi connectivity index (χ3n) is 3.09. The van der Waals surface area contributed by atoms with Gasteiger partial charge in [-0.25, -0.2) is 9.97 Å². The predicted octanol–water partition coefficient (Wildman–Crippen LogP) is 2.21. The monoisotopic (exact) mass is 292 g/mol. The lowest BCUT2D eigenvalue weighted by molar-refractivity contribution is 0.367. The van der Waals surface area contributed by atoms with Crippen LogP contribution in [0.2, 0.25) is 0 Å². The smallest absolute Gasteiger partial charge is 0.131 e. The summed E-state index contributed by atoms with van der Waals surface area (Å²) < 4.78 is 0. The number of hydrogen-bond donors (Lipinski definition) is 2. The molecule has 0 saturated carbocycles. The first kappa shape index (κ1) is 17.4. The van der Waals surface area contributed by atoms with Gasteiger partial charge in [0.05, 0.1) is 0 Å². The van der Waals surface area contributed by atoms with E-state index in [1.165, 1.54) is 12.8 Å². The Bertz CT molecular complexity index is 354. The number of rotatable bonds is 3. The van der Waals surface area contributed by atoms with E-state index in [4.69, 9.17) is 0 Å². The van der Waals surface area contributed by atoms with Crippen molar-refractivity contribution in [2.24, 2.45) is 5.92 Å². The zero-order valence-electron chi connectivity index (χ0n) is 10.9. The van der Waals surface area contributed by atoms with Gasteiger partial charge in [-0.2, -0.15) is 0 Å². The van der Waals surface area contributed by atoms with Gasteiger partial charge in [-0.3, -0.25) is 0 Å². The van der Waals surface area contributed by atoms with E-state index in [-0.39, 0.29) is 24.8 Å². The summed E-state index contributed by atoms with van der Waals surface area (Å²) in [7, 11) is 1.90. The van der Waals surface area contributed by atoms with E-state index >= 15 is 0 Å². The zero-order chi connectivity index (χ0) is 11.4. The van der Waals surface area contributed by atoms with Crippen LogP contribution in [0.4, 0.5) is 5.82 Å². The van der Waals surface area contributed by atoms with Crippen LogP contribution < -0.4 is 10.6 Å². The first-order valence-corrected chi connectivity index (χ1v) is 6.01. The van der Waals surface area contributed by atoms with Gasteiger partial charge in [-0.05, 0) is 38.8 Å². The summed E-state index contributed by atoms with van der Waals surface area (Å²) in [5.41, 5.74) is 1.04. The summed E-state index contributed by atoms with van der Waals surface area (Å²) in [5.74, 6) is 2.65. The van der Waals surface area contributed by atoms with Crippen molar-refractivity contribution in [1.29, 1.82) is 0 Å². The van der Waals surface area contributed by atoms with Gasteiger partial charge in [-0.15, -0.1) is 24.8 Å². The quantitative estimate of drug-likeness (QED) is 0.897. The molecule has 0 spiro atoms. The van der Waals surface area contributed by atoms with E-state index in [0.29, 0.717) is 0 Å². The summed E-state index contributed by atoms with van der Waals surface area (Å²) >= 11 is 0. The third-order valence-corrected chi connectivity index (χ3v) is 3.09. The summed E-state index contributed by atoms with van der Waals surface area (Å²) in [6, 6.07) is 1.98. The van der Waals surface area contributed by atoms with Crippen molar-refractivity contribution in [1.82, 2.24) is 15.3 Å². The Morgan fingerprint density at radius 2 is 1.94 bits per heavy atom. The van der Waals surface area contributed by atoms with Crippen LogP contribution in [0.25, 0.3) is 0 Å². The topological polar surface area (TPSA) is 49.8 Å². The van der Waals surface area contributed by atoms with Crippen LogP contribution in [0.3, 0.4) is 0 Å². The maximum absolute atomic E-state index is 4.50. The highest BCUT2D eigenvalue weighted by Crippen LogP contribution is 2.17. The molecular formula is C12H22Cl2N4. The molecule has 4 nitrogen and oxygen atoms in total. The van der Waals surface area contributed by atoms with Crippen LogP contribution in [0, 0.1) is 12.8 Å². The fourth-order valence-electron chi connectivity index (χ4n) is 2.19. The average Bonchev–Trinajstić information content (AvgIpc) is 2.29. The highest BCUT2D eigenvalue weighted by atomic mass is 35.5. The molecule has 2 N–H and O–H groups in total. The van der Waals surface area contributed by atoms with Crippen molar-refractivity contribution < 1.29 is 0 Å². The Labute approximate surface area is 121 Å². The number of aromatic nitrogens is 2. The third kappa shape index (κ3) is 4.96. The van der Waals surface area contributed by atoms with Gasteiger partial charge in [0.25, 0.3) is 0 Å². The van der Waals surface area contributed by atoms with Crippen molar-refractivity contribution in [2.45, 2.75) is 26.2 Å². The molecule has 0 radical (unpaired) electrons. The second kappa shape index (κ2) is 8.51. The highest BCUT2D eigenvalue weighted by molar-refractivity contribution is 5.85. The Balaban J connectivity index is 0.00000144. The molecule has 0 bridgehead atoms. The van der Waals surface area contributed by atoms with Crippen LogP contribution in [0.1, 0.15) is 24.4 Å². The first-order chi connectivity index (χ1) is 7.78. The molecule has 1 aromatic heterocycles. The fraction of sp³-hybridized carbons (Fsp3) is 0.667. The SMILES string of the molecule is CNc1cc(C)nc(CC2CCNCC2)n1.Cl.Cl. The van der Waals surface area contributed by atoms with Crippen molar-refractivity contribution >= 4 is 30.6 Å². The largest absolute Gasteiger partial charge is 0.373 e. The lowest BCUT2D eigenvalue weighted by atomic mass is 9.94. The van der Waals surface area contributed by atoms with E-state index in [1.807, 2.05) is 20.0 Å². The van der Waals surface area contributed by atoms with Gasteiger partial charge in [0, 0.05) is 25.2 Å². The lowest BCUT2D eigenvalue weighted by Crippen LogP contribution is -2.29. The molecule has 1 saturated heterocycles. The molecule has 0 amide bonds. The van der Waals surface area contributed by atoms with Crippen LogP contribution >= 0.6 is 24.8 Å². The number of anilines is 1. The van der Waals surface area contributed by atoms with E-state index in [0.717, 1.165) is 42.8 Å². The minimum atomic E-state index is 0. The van der Waals surface area contributed by atoms with E-state index in [2.05, 4.69) is 20.6 Å². The van der Waals surface area contributed by atoms with Crippen LogP contribution in [-0.4, -0.2) is 30.1 Å². The van der Waals surface area contributed by atoms with Gasteiger partial charge in [0.1, 0.15) is 11.6 Å². The lowest BCUT2D eigenvalue weighted by Gasteiger charge is -2.21. The maximum Gasteiger partial charge on any atom is 0.131 e. The average molecular weight is 293 g/mol.